The first-order valence-corrected chi connectivity index (χ1v) is 2.50. The van der Waals surface area contributed by atoms with Gasteiger partial charge >= 0.3 is 12.2 Å². The number of hydrogen-bond donors (Lipinski definition) is 1. The zero-order valence-corrected chi connectivity index (χ0v) is 5.13. The lowest BCUT2D eigenvalue weighted by Crippen LogP contribution is -2.41. The van der Waals surface area contributed by atoms with Crippen LogP contribution in [-0.2, 0) is 0 Å². The summed E-state index contributed by atoms with van der Waals surface area (Å²) in [4.78, 5) is 0. The first-order valence-electron chi connectivity index (χ1n) is 2.50. The van der Waals surface area contributed by atoms with Crippen LogP contribution in [0.1, 0.15) is 6.42 Å². The molecule has 2 N–H and O–H groups in total. The third-order valence-electron chi connectivity index (χ3n) is 0.828. The van der Waals surface area contributed by atoms with Crippen LogP contribution in [0.2, 0.25) is 0 Å². The van der Waals surface area contributed by atoms with Gasteiger partial charge in [0.05, 0.1) is 6.42 Å². The van der Waals surface area contributed by atoms with Crippen LogP contribution in [0.4, 0.5) is 26.3 Å². The molecule has 0 amide bonds. The number of rotatable bonds is 2. The Morgan fingerprint density at radius 3 is 1.55 bits per heavy atom. The highest BCUT2D eigenvalue weighted by atomic mass is 19.4. The van der Waals surface area contributed by atoms with Crippen LogP contribution >= 0.6 is 0 Å². The normalized spacial score (nSPS) is 16.6. The molecule has 0 saturated heterocycles. The number of nitrogens with two attached hydrogens (primary N) is 1. The van der Waals surface area contributed by atoms with E-state index in [1.165, 1.54) is 0 Å². The molecule has 11 heavy (non-hydrogen) atoms. The van der Waals surface area contributed by atoms with Gasteiger partial charge in [-0.25, -0.2) is 4.39 Å². The summed E-state index contributed by atoms with van der Waals surface area (Å²) in [5.74, 6) is 0. The molecule has 1 atom stereocenters. The maximum absolute atomic E-state index is 11.8. The maximum Gasteiger partial charge on any atom is 0.392 e. The van der Waals surface area contributed by atoms with E-state index in [2.05, 4.69) is 5.73 Å². The van der Waals surface area contributed by atoms with Crippen LogP contribution in [-0.4, -0.2) is 18.4 Å². The highest BCUT2D eigenvalue weighted by Crippen LogP contribution is 2.28. The highest BCUT2D eigenvalue weighted by Gasteiger charge is 2.43. The zero-order chi connectivity index (χ0) is 9.28. The third kappa shape index (κ3) is 4.88. The lowest BCUT2D eigenvalue weighted by atomic mass is 10.2. The summed E-state index contributed by atoms with van der Waals surface area (Å²) in [6, 6.07) is -4.42. The van der Waals surface area contributed by atoms with E-state index >= 15 is 0 Å². The van der Waals surface area contributed by atoms with Crippen LogP contribution in [0.25, 0.3) is 0 Å². The molecule has 0 aromatic heterocycles. The van der Waals surface area contributed by atoms with E-state index in [1.807, 2.05) is 0 Å². The molecular formula is C4H5F6N. The van der Waals surface area contributed by atoms with E-state index in [0.29, 0.717) is 0 Å². The van der Waals surface area contributed by atoms with Crippen molar-refractivity contribution in [2.75, 3.05) is 0 Å². The van der Waals surface area contributed by atoms with E-state index in [4.69, 9.17) is 0 Å². The highest BCUT2D eigenvalue weighted by molar-refractivity contribution is 4.72. The second-order valence-corrected chi connectivity index (χ2v) is 1.96. The lowest BCUT2D eigenvalue weighted by molar-refractivity contribution is -0.176. The van der Waals surface area contributed by atoms with Gasteiger partial charge in [0.25, 0.3) is 0 Å². The average molecular weight is 181 g/mol. The van der Waals surface area contributed by atoms with Crippen molar-refractivity contribution in [3.8, 4) is 0 Å². The summed E-state index contributed by atoms with van der Waals surface area (Å²) in [6.45, 7) is 0. The SMILES string of the molecule is NC(F)(F)C(F)CC(F)(F)F. The summed E-state index contributed by atoms with van der Waals surface area (Å²) in [5.41, 5.74) is 3.78. The Morgan fingerprint density at radius 1 is 1.09 bits per heavy atom. The molecule has 0 heterocycles. The molecule has 0 aliphatic carbocycles. The average Bonchev–Trinajstić information content (AvgIpc) is 1.56. The molecule has 0 aliphatic heterocycles. The van der Waals surface area contributed by atoms with Gasteiger partial charge in [-0.15, -0.1) is 0 Å². The fraction of sp³-hybridized carbons (Fsp3) is 1.00. The first-order chi connectivity index (χ1) is 4.63. The van der Waals surface area contributed by atoms with Gasteiger partial charge in [0.15, 0.2) is 6.17 Å². The van der Waals surface area contributed by atoms with E-state index in [1.54, 1.807) is 0 Å². The Morgan fingerprint density at radius 2 is 1.45 bits per heavy atom. The Hall–Kier alpha value is -0.460. The minimum absolute atomic E-state index is 2.23. The first kappa shape index (κ1) is 10.5. The Balaban J connectivity index is 3.99. The predicted molar refractivity (Wildman–Crippen MR) is 24.7 cm³/mol. The van der Waals surface area contributed by atoms with Gasteiger partial charge in [-0.3, -0.25) is 5.73 Å². The van der Waals surface area contributed by atoms with Crippen LogP contribution in [0.3, 0.4) is 0 Å². The van der Waals surface area contributed by atoms with E-state index in [-0.39, 0.29) is 0 Å². The molecule has 0 bridgehead atoms. The van der Waals surface area contributed by atoms with Crippen LogP contribution < -0.4 is 5.73 Å². The molecule has 1 unspecified atom stereocenters. The molecule has 0 aromatic carbocycles. The van der Waals surface area contributed by atoms with Crippen molar-refractivity contribution in [3.05, 3.63) is 0 Å². The smallest absolute Gasteiger partial charge is 0.270 e. The van der Waals surface area contributed by atoms with Gasteiger partial charge in [0.2, 0.25) is 0 Å². The summed E-state index contributed by atoms with van der Waals surface area (Å²) in [5, 5.41) is 0. The molecule has 0 aromatic rings. The number of halogens is 6. The fourth-order valence-electron chi connectivity index (χ4n) is 0.339. The van der Waals surface area contributed by atoms with E-state index in [0.717, 1.165) is 0 Å². The van der Waals surface area contributed by atoms with Gasteiger partial charge < -0.3 is 0 Å². The molecule has 0 rings (SSSR count). The fourth-order valence-corrected chi connectivity index (χ4v) is 0.339. The number of hydrogen-bond acceptors (Lipinski definition) is 1. The molecule has 68 valence electrons. The van der Waals surface area contributed by atoms with Crippen LogP contribution in [0, 0.1) is 0 Å². The van der Waals surface area contributed by atoms with Crippen LogP contribution in [0.15, 0.2) is 0 Å². The van der Waals surface area contributed by atoms with Crippen molar-refractivity contribution in [1.29, 1.82) is 0 Å². The molecule has 1 nitrogen and oxygen atoms in total. The maximum atomic E-state index is 11.8. The van der Waals surface area contributed by atoms with Gasteiger partial charge in [0, 0.05) is 0 Å². The molecular weight excluding hydrogens is 176 g/mol. The standard InChI is InChI=1S/C4H5F6N/c5-2(4(9,10)11)1-3(6,7)8/h2H,1,11H2. The largest absolute Gasteiger partial charge is 0.392 e. The van der Waals surface area contributed by atoms with Crippen molar-refractivity contribution in [2.45, 2.75) is 24.8 Å². The third-order valence-corrected chi connectivity index (χ3v) is 0.828. The van der Waals surface area contributed by atoms with Gasteiger partial charge in [-0.2, -0.15) is 22.0 Å². The minimum atomic E-state index is -4.96. The zero-order valence-electron chi connectivity index (χ0n) is 5.13. The Labute approximate surface area is 58.2 Å². The number of alkyl halides is 6. The van der Waals surface area contributed by atoms with E-state index < -0.39 is 24.8 Å². The Kier molecular flexibility index (Phi) is 2.76. The van der Waals surface area contributed by atoms with Crippen molar-refractivity contribution in [1.82, 2.24) is 0 Å². The molecule has 0 radical (unpaired) electrons. The lowest BCUT2D eigenvalue weighted by Gasteiger charge is -2.16. The van der Waals surface area contributed by atoms with Gasteiger partial charge in [-0.05, 0) is 0 Å². The van der Waals surface area contributed by atoms with Crippen molar-refractivity contribution >= 4 is 0 Å². The second-order valence-electron chi connectivity index (χ2n) is 1.96. The summed E-state index contributed by atoms with van der Waals surface area (Å²) in [6.07, 6.45) is -10.6. The molecule has 7 heteroatoms. The van der Waals surface area contributed by atoms with Crippen molar-refractivity contribution < 1.29 is 26.3 Å². The molecule has 0 aliphatic rings. The topological polar surface area (TPSA) is 26.0 Å². The van der Waals surface area contributed by atoms with Gasteiger partial charge in [-0.1, -0.05) is 0 Å². The summed E-state index contributed by atoms with van der Waals surface area (Å²) >= 11 is 0. The predicted octanol–water partition coefficient (Wildman–Crippen LogP) is 1.83. The minimum Gasteiger partial charge on any atom is -0.270 e. The molecule has 0 spiro atoms. The molecule has 0 fully saturated rings. The van der Waals surface area contributed by atoms with Gasteiger partial charge in [0.1, 0.15) is 0 Å². The Bertz CT molecular complexity index is 124. The van der Waals surface area contributed by atoms with Crippen LogP contribution in [0.5, 0.6) is 0 Å². The second kappa shape index (κ2) is 2.88. The van der Waals surface area contributed by atoms with Crippen molar-refractivity contribution in [3.63, 3.8) is 0 Å². The quantitative estimate of drug-likeness (QED) is 0.510. The monoisotopic (exact) mass is 181 g/mol. The summed E-state index contributed by atoms with van der Waals surface area (Å²) in [7, 11) is 0. The summed E-state index contributed by atoms with van der Waals surface area (Å²) < 4.78 is 68.5. The van der Waals surface area contributed by atoms with E-state index in [9.17, 15) is 26.3 Å². The molecule has 0 saturated carbocycles. The van der Waals surface area contributed by atoms with Crippen molar-refractivity contribution in [2.24, 2.45) is 5.73 Å².